The van der Waals surface area contributed by atoms with E-state index in [1.54, 1.807) is 48.4 Å². The molecule has 0 saturated carbocycles. The molecule has 33 heavy (non-hydrogen) atoms. The van der Waals surface area contributed by atoms with Gasteiger partial charge in [-0.2, -0.15) is 18.3 Å². The Morgan fingerprint density at radius 3 is 2.70 bits per heavy atom. The van der Waals surface area contributed by atoms with Crippen molar-refractivity contribution in [3.8, 4) is 28.4 Å². The summed E-state index contributed by atoms with van der Waals surface area (Å²) in [5.41, 5.74) is 2.41. The van der Waals surface area contributed by atoms with Gasteiger partial charge in [0.15, 0.2) is 6.61 Å². The summed E-state index contributed by atoms with van der Waals surface area (Å²) in [6.07, 6.45) is 1.41. The van der Waals surface area contributed by atoms with Crippen molar-refractivity contribution in [3.63, 3.8) is 0 Å². The number of anilines is 1. The van der Waals surface area contributed by atoms with E-state index in [1.807, 2.05) is 6.07 Å². The number of aryl methyl sites for hydroxylation is 1. The lowest BCUT2D eigenvalue weighted by molar-refractivity contribution is -0.153. The van der Waals surface area contributed by atoms with Crippen molar-refractivity contribution in [2.24, 2.45) is 7.05 Å². The van der Waals surface area contributed by atoms with Crippen molar-refractivity contribution in [1.82, 2.24) is 24.7 Å². The maximum absolute atomic E-state index is 12.9. The third kappa shape index (κ3) is 5.50. The molecular formula is C22H17F3N6O2. The van der Waals surface area contributed by atoms with E-state index in [4.69, 9.17) is 4.74 Å². The molecule has 4 aromatic heterocycles. The molecule has 0 unspecified atom stereocenters. The molecule has 0 aromatic carbocycles. The summed E-state index contributed by atoms with van der Waals surface area (Å²) < 4.78 is 43.5. The number of carbonyl (C=O) groups excluding carboxylic acids is 1. The minimum Gasteiger partial charge on any atom is -0.482 e. The van der Waals surface area contributed by atoms with Gasteiger partial charge in [-0.15, -0.1) is 0 Å². The number of nitrogens with one attached hydrogen (secondary N) is 1. The quantitative estimate of drug-likeness (QED) is 0.471. The van der Waals surface area contributed by atoms with E-state index < -0.39 is 18.7 Å². The Balaban J connectivity index is 1.55. The Labute approximate surface area is 186 Å². The van der Waals surface area contributed by atoms with Gasteiger partial charge in [-0.1, -0.05) is 12.1 Å². The molecule has 0 aliphatic rings. The Kier molecular flexibility index (Phi) is 6.03. The minimum atomic E-state index is -4.47. The number of alkyl halides is 3. The first-order valence-corrected chi connectivity index (χ1v) is 9.67. The second kappa shape index (κ2) is 9.07. The Bertz CT molecular complexity index is 1270. The number of rotatable bonds is 6. The highest BCUT2D eigenvalue weighted by Gasteiger charge is 2.28. The monoisotopic (exact) mass is 454 g/mol. The number of hydrogen-bond acceptors (Lipinski definition) is 6. The number of carbonyl (C=O) groups is 1. The lowest BCUT2D eigenvalue weighted by Crippen LogP contribution is -2.19. The van der Waals surface area contributed by atoms with Gasteiger partial charge in [0, 0.05) is 31.2 Å². The van der Waals surface area contributed by atoms with Crippen LogP contribution in [0.4, 0.5) is 18.9 Å². The number of nitrogens with zero attached hydrogens (tertiary/aromatic N) is 5. The van der Waals surface area contributed by atoms with Crippen molar-refractivity contribution in [2.75, 3.05) is 11.9 Å². The van der Waals surface area contributed by atoms with E-state index in [2.05, 4.69) is 25.4 Å². The first-order valence-electron chi connectivity index (χ1n) is 9.67. The summed E-state index contributed by atoms with van der Waals surface area (Å²) in [5.74, 6) is -0.545. The van der Waals surface area contributed by atoms with Gasteiger partial charge in [-0.3, -0.25) is 19.4 Å². The molecule has 4 heterocycles. The van der Waals surface area contributed by atoms with Gasteiger partial charge in [0.05, 0.1) is 23.3 Å². The van der Waals surface area contributed by atoms with Gasteiger partial charge in [0.25, 0.3) is 5.91 Å². The second-order valence-electron chi connectivity index (χ2n) is 6.96. The zero-order chi connectivity index (χ0) is 23.4. The van der Waals surface area contributed by atoms with Gasteiger partial charge in [-0.25, -0.2) is 4.98 Å². The summed E-state index contributed by atoms with van der Waals surface area (Å²) >= 11 is 0. The molecule has 0 radical (unpaired) electrons. The maximum atomic E-state index is 12.9. The highest BCUT2D eigenvalue weighted by molar-refractivity contribution is 6.04. The summed E-state index contributed by atoms with van der Waals surface area (Å²) in [6, 6.07) is 11.5. The SMILES string of the molecule is Cn1cc(NC(=O)c2cccc(-c3cncc(OCC(F)(F)F)c3)n2)c(-c2ccccn2)n1. The fourth-order valence-corrected chi connectivity index (χ4v) is 2.98. The summed E-state index contributed by atoms with van der Waals surface area (Å²) in [7, 11) is 1.72. The van der Waals surface area contributed by atoms with Crippen LogP contribution in [0.15, 0.2) is 67.3 Å². The number of halogens is 3. The normalized spacial score (nSPS) is 11.3. The molecule has 1 N–H and O–H groups in total. The topological polar surface area (TPSA) is 94.8 Å². The smallest absolute Gasteiger partial charge is 0.422 e. The average Bonchev–Trinajstić information content (AvgIpc) is 3.18. The lowest BCUT2D eigenvalue weighted by Gasteiger charge is -2.10. The first-order chi connectivity index (χ1) is 15.8. The van der Waals surface area contributed by atoms with Crippen molar-refractivity contribution in [3.05, 3.63) is 72.9 Å². The molecule has 0 atom stereocenters. The Morgan fingerprint density at radius 1 is 1.12 bits per heavy atom. The lowest BCUT2D eigenvalue weighted by atomic mass is 10.1. The van der Waals surface area contributed by atoms with Crippen LogP contribution in [0.2, 0.25) is 0 Å². The second-order valence-corrected chi connectivity index (χ2v) is 6.96. The van der Waals surface area contributed by atoms with Crippen LogP contribution in [0, 0.1) is 0 Å². The van der Waals surface area contributed by atoms with E-state index in [0.29, 0.717) is 28.3 Å². The predicted molar refractivity (Wildman–Crippen MR) is 113 cm³/mol. The summed E-state index contributed by atoms with van der Waals surface area (Å²) in [4.78, 5) is 25.4. The van der Waals surface area contributed by atoms with E-state index in [-0.39, 0.29) is 11.4 Å². The largest absolute Gasteiger partial charge is 0.482 e. The van der Waals surface area contributed by atoms with Gasteiger partial charge in [0.2, 0.25) is 0 Å². The van der Waals surface area contributed by atoms with Crippen molar-refractivity contribution < 1.29 is 22.7 Å². The first kappa shape index (κ1) is 21.9. The van der Waals surface area contributed by atoms with Gasteiger partial charge in [-0.05, 0) is 30.3 Å². The van der Waals surface area contributed by atoms with Crippen LogP contribution >= 0.6 is 0 Å². The molecular weight excluding hydrogens is 437 g/mol. The molecule has 0 bridgehead atoms. The molecule has 0 fully saturated rings. The van der Waals surface area contributed by atoms with Crippen molar-refractivity contribution in [2.45, 2.75) is 6.18 Å². The predicted octanol–water partition coefficient (Wildman–Crippen LogP) is 4.13. The highest BCUT2D eigenvalue weighted by Crippen LogP contribution is 2.26. The van der Waals surface area contributed by atoms with Crippen LogP contribution in [-0.2, 0) is 7.05 Å². The van der Waals surface area contributed by atoms with E-state index in [0.717, 1.165) is 0 Å². The van der Waals surface area contributed by atoms with Crippen LogP contribution < -0.4 is 10.1 Å². The van der Waals surface area contributed by atoms with Crippen molar-refractivity contribution >= 4 is 11.6 Å². The fourth-order valence-electron chi connectivity index (χ4n) is 2.98. The summed E-state index contributed by atoms with van der Waals surface area (Å²) in [5, 5.41) is 7.14. The number of pyridine rings is 3. The summed E-state index contributed by atoms with van der Waals surface area (Å²) in [6.45, 7) is -1.43. The number of ether oxygens (including phenoxy) is 1. The van der Waals surface area contributed by atoms with E-state index in [9.17, 15) is 18.0 Å². The molecule has 4 aromatic rings. The molecule has 0 saturated heterocycles. The molecule has 11 heteroatoms. The zero-order valence-corrected chi connectivity index (χ0v) is 17.2. The van der Waals surface area contributed by atoms with Gasteiger partial charge in [0.1, 0.15) is 17.1 Å². The average molecular weight is 454 g/mol. The molecule has 0 aliphatic heterocycles. The number of aromatic nitrogens is 5. The van der Waals surface area contributed by atoms with Gasteiger partial charge < -0.3 is 10.1 Å². The van der Waals surface area contributed by atoms with Crippen LogP contribution in [0.1, 0.15) is 10.5 Å². The minimum absolute atomic E-state index is 0.0585. The van der Waals surface area contributed by atoms with Crippen LogP contribution in [0.5, 0.6) is 5.75 Å². The molecule has 168 valence electrons. The number of amides is 1. The standard InChI is InChI=1S/C22H17F3N6O2/c1-31-12-19(20(30-31)17-5-2-3-8-27-17)29-21(32)18-7-4-6-16(28-18)14-9-15(11-26-10-14)33-13-22(23,24)25/h2-12H,13H2,1H3,(H,29,32). The van der Waals surface area contributed by atoms with E-state index >= 15 is 0 Å². The fraction of sp³-hybridized carbons (Fsp3) is 0.136. The molecule has 0 spiro atoms. The van der Waals surface area contributed by atoms with Crippen LogP contribution in [0.25, 0.3) is 22.6 Å². The van der Waals surface area contributed by atoms with Crippen LogP contribution in [-0.4, -0.2) is 43.4 Å². The number of hydrogen-bond donors (Lipinski definition) is 1. The van der Waals surface area contributed by atoms with Crippen LogP contribution in [0.3, 0.4) is 0 Å². The molecule has 4 rings (SSSR count). The highest BCUT2D eigenvalue weighted by atomic mass is 19.4. The Hall–Kier alpha value is -4.28. The zero-order valence-electron chi connectivity index (χ0n) is 17.2. The molecule has 0 aliphatic carbocycles. The maximum Gasteiger partial charge on any atom is 0.422 e. The van der Waals surface area contributed by atoms with Gasteiger partial charge >= 0.3 is 6.18 Å². The molecule has 1 amide bonds. The molecule has 8 nitrogen and oxygen atoms in total. The van der Waals surface area contributed by atoms with Crippen molar-refractivity contribution in [1.29, 1.82) is 0 Å². The third-order valence-corrected chi connectivity index (χ3v) is 4.38. The third-order valence-electron chi connectivity index (χ3n) is 4.38. The Morgan fingerprint density at radius 2 is 1.94 bits per heavy atom. The van der Waals surface area contributed by atoms with E-state index in [1.165, 1.54) is 24.5 Å².